The lowest BCUT2D eigenvalue weighted by Gasteiger charge is -2.28. The van der Waals surface area contributed by atoms with Crippen LogP contribution in [-0.4, -0.2) is 53.3 Å². The number of morpholine rings is 1. The Morgan fingerprint density at radius 2 is 2.25 bits per heavy atom. The molecule has 1 atom stereocenters. The fourth-order valence-electron chi connectivity index (χ4n) is 2.60. The molecule has 20 heavy (non-hydrogen) atoms. The molecule has 0 aliphatic carbocycles. The highest BCUT2D eigenvalue weighted by atomic mass is 16.5. The number of likely N-dealkylation sites (N-methyl/N-ethyl adjacent to an activating group) is 1. The van der Waals surface area contributed by atoms with Gasteiger partial charge in [-0.15, -0.1) is 0 Å². The molecule has 0 saturated carbocycles. The average Bonchev–Trinajstić information content (AvgIpc) is 2.88. The summed E-state index contributed by atoms with van der Waals surface area (Å²) < 4.78 is 7.54. The van der Waals surface area contributed by atoms with Crippen molar-refractivity contribution in [3.63, 3.8) is 0 Å². The highest BCUT2D eigenvalue weighted by Gasteiger charge is 2.25. The van der Waals surface area contributed by atoms with Crippen molar-refractivity contribution in [2.45, 2.75) is 45.3 Å². The summed E-state index contributed by atoms with van der Waals surface area (Å²) in [6.07, 6.45) is 4.16. The molecule has 1 fully saturated rings. The zero-order chi connectivity index (χ0) is 14.5. The predicted molar refractivity (Wildman–Crippen MR) is 77.8 cm³/mol. The minimum Gasteiger partial charge on any atom is -0.368 e. The van der Waals surface area contributed by atoms with E-state index in [4.69, 9.17) is 4.74 Å². The zero-order valence-electron chi connectivity index (χ0n) is 12.7. The second kappa shape index (κ2) is 6.99. The number of rotatable bonds is 6. The minimum atomic E-state index is -0.299. The predicted octanol–water partition coefficient (Wildman–Crippen LogP) is 1.69. The van der Waals surface area contributed by atoms with Gasteiger partial charge in [-0.3, -0.25) is 9.48 Å². The molecule has 0 N–H and O–H groups in total. The fraction of sp³-hybridized carbons (Fsp3) is 0.733. The second-order valence-electron chi connectivity index (χ2n) is 5.52. The highest BCUT2D eigenvalue weighted by molar-refractivity contribution is 5.85. The molecule has 1 aromatic heterocycles. The molecule has 2 rings (SSSR count). The normalized spacial score (nSPS) is 20.5. The van der Waals surface area contributed by atoms with Crippen molar-refractivity contribution in [3.05, 3.63) is 18.0 Å². The van der Waals surface area contributed by atoms with Crippen LogP contribution in [0.3, 0.4) is 0 Å². The molecule has 5 heteroatoms. The van der Waals surface area contributed by atoms with E-state index < -0.39 is 0 Å². The van der Waals surface area contributed by atoms with Gasteiger partial charge < -0.3 is 9.64 Å². The number of carbonyl (C=O) groups is 1. The van der Waals surface area contributed by atoms with Crippen molar-refractivity contribution in [1.82, 2.24) is 14.7 Å². The molecule has 1 aromatic rings. The summed E-state index contributed by atoms with van der Waals surface area (Å²) in [4.78, 5) is 14.4. The summed E-state index contributed by atoms with van der Waals surface area (Å²) in [5, 5.41) is 4.53. The van der Waals surface area contributed by atoms with E-state index in [1.165, 1.54) is 0 Å². The van der Waals surface area contributed by atoms with Gasteiger partial charge in [0.1, 0.15) is 6.10 Å². The first-order chi connectivity index (χ1) is 9.63. The van der Waals surface area contributed by atoms with E-state index in [1.54, 1.807) is 0 Å². The first-order valence-corrected chi connectivity index (χ1v) is 7.50. The lowest BCUT2D eigenvalue weighted by molar-refractivity contribution is -0.134. The summed E-state index contributed by atoms with van der Waals surface area (Å²) >= 11 is 0. The van der Waals surface area contributed by atoms with Crippen molar-refractivity contribution in [1.29, 1.82) is 0 Å². The van der Waals surface area contributed by atoms with Crippen molar-refractivity contribution in [3.8, 4) is 0 Å². The molecule has 0 amide bonds. The molecule has 1 unspecified atom stereocenters. The van der Waals surface area contributed by atoms with Gasteiger partial charge in [0.2, 0.25) is 0 Å². The van der Waals surface area contributed by atoms with Crippen LogP contribution < -0.4 is 0 Å². The van der Waals surface area contributed by atoms with Crippen molar-refractivity contribution in [2.75, 3.05) is 26.7 Å². The second-order valence-corrected chi connectivity index (χ2v) is 5.52. The lowest BCUT2D eigenvalue weighted by Crippen LogP contribution is -2.44. The van der Waals surface area contributed by atoms with Gasteiger partial charge in [0, 0.05) is 19.3 Å². The van der Waals surface area contributed by atoms with Crippen molar-refractivity contribution in [2.24, 2.45) is 0 Å². The van der Waals surface area contributed by atoms with Gasteiger partial charge in [-0.1, -0.05) is 13.8 Å². The number of carbonyl (C=O) groups excluding carboxylic acids is 1. The summed E-state index contributed by atoms with van der Waals surface area (Å²) in [5.74, 6) is 0.131. The number of ether oxygens (including phenoxy) is 1. The average molecular weight is 279 g/mol. The number of nitrogens with zero attached hydrogens (tertiary/aromatic N) is 3. The van der Waals surface area contributed by atoms with E-state index in [0.717, 1.165) is 25.1 Å². The molecule has 1 saturated heterocycles. The van der Waals surface area contributed by atoms with Gasteiger partial charge in [-0.25, -0.2) is 0 Å². The largest absolute Gasteiger partial charge is 0.368 e. The Kier molecular flexibility index (Phi) is 5.31. The molecule has 0 radical (unpaired) electrons. The topological polar surface area (TPSA) is 47.4 Å². The van der Waals surface area contributed by atoms with Crippen LogP contribution in [0.25, 0.3) is 0 Å². The summed E-state index contributed by atoms with van der Waals surface area (Å²) in [5.41, 5.74) is 0.846. The van der Waals surface area contributed by atoms with Gasteiger partial charge in [-0.2, -0.15) is 5.10 Å². The Hall–Kier alpha value is -1.20. The molecule has 112 valence electrons. The van der Waals surface area contributed by atoms with Gasteiger partial charge in [0.05, 0.1) is 24.8 Å². The van der Waals surface area contributed by atoms with E-state index in [9.17, 15) is 4.79 Å². The Morgan fingerprint density at radius 1 is 1.50 bits per heavy atom. The SMILES string of the molecule is CCC(CC)n1ccc(CC(=O)C2CN(C)CCO2)n1. The number of Topliss-reactive ketones (excluding diaryl/α,β-unsaturated/α-hetero) is 1. The summed E-state index contributed by atoms with van der Waals surface area (Å²) in [7, 11) is 2.02. The maximum Gasteiger partial charge on any atom is 0.168 e. The van der Waals surface area contributed by atoms with Crippen LogP contribution in [0.4, 0.5) is 0 Å². The molecular weight excluding hydrogens is 254 g/mol. The number of aromatic nitrogens is 2. The number of hydrogen-bond donors (Lipinski definition) is 0. The summed E-state index contributed by atoms with van der Waals surface area (Å²) in [6.45, 7) is 6.53. The molecule has 5 nitrogen and oxygen atoms in total. The third kappa shape index (κ3) is 3.67. The molecule has 1 aliphatic rings. The summed E-state index contributed by atoms with van der Waals surface area (Å²) in [6, 6.07) is 2.37. The molecule has 2 heterocycles. The van der Waals surface area contributed by atoms with Crippen LogP contribution in [-0.2, 0) is 16.0 Å². The Labute approximate surface area is 120 Å². The Bertz CT molecular complexity index is 440. The fourth-order valence-corrected chi connectivity index (χ4v) is 2.60. The maximum atomic E-state index is 12.2. The van der Waals surface area contributed by atoms with Crippen LogP contribution >= 0.6 is 0 Å². The van der Waals surface area contributed by atoms with E-state index in [-0.39, 0.29) is 11.9 Å². The maximum absolute atomic E-state index is 12.2. The Morgan fingerprint density at radius 3 is 2.90 bits per heavy atom. The van der Waals surface area contributed by atoms with Gasteiger partial charge in [0.25, 0.3) is 0 Å². The minimum absolute atomic E-state index is 0.131. The monoisotopic (exact) mass is 279 g/mol. The third-order valence-electron chi connectivity index (χ3n) is 3.96. The van der Waals surface area contributed by atoms with Gasteiger partial charge in [-0.05, 0) is 26.0 Å². The smallest absolute Gasteiger partial charge is 0.168 e. The van der Waals surface area contributed by atoms with E-state index >= 15 is 0 Å². The van der Waals surface area contributed by atoms with E-state index in [0.29, 0.717) is 25.6 Å². The lowest BCUT2D eigenvalue weighted by atomic mass is 10.1. The van der Waals surface area contributed by atoms with Crippen LogP contribution in [0.15, 0.2) is 12.3 Å². The Balaban J connectivity index is 1.94. The van der Waals surface area contributed by atoms with E-state index in [1.807, 2.05) is 24.0 Å². The number of ketones is 1. The molecule has 1 aliphatic heterocycles. The van der Waals surface area contributed by atoms with Crippen LogP contribution in [0.2, 0.25) is 0 Å². The first kappa shape index (κ1) is 15.2. The van der Waals surface area contributed by atoms with E-state index in [2.05, 4.69) is 23.8 Å². The molecule has 0 bridgehead atoms. The number of hydrogen-bond acceptors (Lipinski definition) is 4. The third-order valence-corrected chi connectivity index (χ3v) is 3.96. The van der Waals surface area contributed by atoms with Crippen LogP contribution in [0, 0.1) is 0 Å². The van der Waals surface area contributed by atoms with Gasteiger partial charge >= 0.3 is 0 Å². The van der Waals surface area contributed by atoms with Gasteiger partial charge in [0.15, 0.2) is 5.78 Å². The van der Waals surface area contributed by atoms with Crippen molar-refractivity contribution < 1.29 is 9.53 Å². The highest BCUT2D eigenvalue weighted by Crippen LogP contribution is 2.15. The zero-order valence-corrected chi connectivity index (χ0v) is 12.7. The molecule has 0 spiro atoms. The first-order valence-electron chi connectivity index (χ1n) is 7.50. The molecule has 0 aromatic carbocycles. The van der Waals surface area contributed by atoms with Crippen LogP contribution in [0.5, 0.6) is 0 Å². The standard InChI is InChI=1S/C15H25N3O2/c1-4-13(5-2)18-7-6-12(16-18)10-14(19)15-11-17(3)8-9-20-15/h6-7,13,15H,4-5,8-11H2,1-3H3. The van der Waals surface area contributed by atoms with Crippen molar-refractivity contribution >= 4 is 5.78 Å². The quantitative estimate of drug-likeness (QED) is 0.795. The molecular formula is C15H25N3O2. The van der Waals surface area contributed by atoms with Crippen LogP contribution in [0.1, 0.15) is 38.4 Å².